The molecule has 19 heavy (non-hydrogen) atoms. The zero-order valence-corrected chi connectivity index (χ0v) is 12.6. The Kier molecular flexibility index (Phi) is 3.60. The fourth-order valence-corrected chi connectivity index (χ4v) is 4.94. The van der Waals surface area contributed by atoms with Crippen LogP contribution in [0.1, 0.15) is 29.4 Å². The van der Waals surface area contributed by atoms with Gasteiger partial charge in [-0.1, -0.05) is 6.92 Å². The molecule has 1 fully saturated rings. The van der Waals surface area contributed by atoms with E-state index < -0.39 is 0 Å². The highest BCUT2D eigenvalue weighted by Gasteiger charge is 2.31. The van der Waals surface area contributed by atoms with E-state index >= 15 is 0 Å². The third kappa shape index (κ3) is 2.30. The molecule has 0 radical (unpaired) electrons. The standard InChI is InChI=1S/C14H18N2OS2/c1-9-3-2-5-16(10(9)8-15)14(17)13-7-12-11(19-13)4-6-18-12/h4,6-7,9-10H,2-3,5,8,15H2,1H3. The average molecular weight is 294 g/mol. The van der Waals surface area contributed by atoms with Gasteiger partial charge in [0.2, 0.25) is 0 Å². The summed E-state index contributed by atoms with van der Waals surface area (Å²) >= 11 is 3.29. The fourth-order valence-electron chi connectivity index (χ4n) is 2.87. The van der Waals surface area contributed by atoms with Crippen LogP contribution in [-0.2, 0) is 0 Å². The van der Waals surface area contributed by atoms with Crippen molar-refractivity contribution in [2.45, 2.75) is 25.8 Å². The average Bonchev–Trinajstić information content (AvgIpc) is 2.98. The summed E-state index contributed by atoms with van der Waals surface area (Å²) in [5.74, 6) is 0.666. The molecular formula is C14H18N2OS2. The first kappa shape index (κ1) is 13.1. The number of piperidine rings is 1. The number of amides is 1. The molecule has 1 amide bonds. The lowest BCUT2D eigenvalue weighted by Crippen LogP contribution is -2.51. The number of rotatable bonds is 2. The summed E-state index contributed by atoms with van der Waals surface area (Å²) in [4.78, 5) is 15.5. The number of fused-ring (bicyclic) bond motifs is 1. The second-order valence-corrected chi connectivity index (χ2v) is 7.21. The Morgan fingerprint density at radius 3 is 3.11 bits per heavy atom. The molecule has 3 nitrogen and oxygen atoms in total. The minimum atomic E-state index is 0.162. The minimum absolute atomic E-state index is 0.162. The molecule has 2 unspecified atom stereocenters. The van der Waals surface area contributed by atoms with Gasteiger partial charge in [0.1, 0.15) is 0 Å². The Labute approximate surface area is 121 Å². The second-order valence-electron chi connectivity index (χ2n) is 5.18. The van der Waals surface area contributed by atoms with E-state index in [1.807, 2.05) is 11.0 Å². The number of carbonyl (C=O) groups is 1. The molecule has 2 N–H and O–H groups in total. The predicted octanol–water partition coefficient (Wildman–Crippen LogP) is 3.16. The lowest BCUT2D eigenvalue weighted by atomic mass is 9.90. The van der Waals surface area contributed by atoms with Gasteiger partial charge in [-0.3, -0.25) is 4.79 Å². The van der Waals surface area contributed by atoms with Gasteiger partial charge in [0, 0.05) is 28.5 Å². The van der Waals surface area contributed by atoms with E-state index in [1.54, 1.807) is 22.7 Å². The van der Waals surface area contributed by atoms with Crippen molar-refractivity contribution in [1.82, 2.24) is 4.90 Å². The topological polar surface area (TPSA) is 46.3 Å². The fraction of sp³-hybridized carbons (Fsp3) is 0.500. The SMILES string of the molecule is CC1CCCN(C(=O)c2cc3sccc3s2)C1CN. The van der Waals surface area contributed by atoms with Crippen LogP contribution in [0.2, 0.25) is 0 Å². The van der Waals surface area contributed by atoms with Crippen LogP contribution in [0.15, 0.2) is 17.5 Å². The number of nitrogens with zero attached hydrogens (tertiary/aromatic N) is 1. The molecule has 0 aliphatic carbocycles. The molecule has 5 heteroatoms. The van der Waals surface area contributed by atoms with Crippen molar-refractivity contribution in [3.8, 4) is 0 Å². The maximum absolute atomic E-state index is 12.7. The number of hydrogen-bond donors (Lipinski definition) is 1. The van der Waals surface area contributed by atoms with Gasteiger partial charge >= 0.3 is 0 Å². The van der Waals surface area contributed by atoms with Gasteiger partial charge in [0.05, 0.1) is 4.88 Å². The van der Waals surface area contributed by atoms with Crippen LogP contribution in [0.3, 0.4) is 0 Å². The molecule has 2 aromatic heterocycles. The largest absolute Gasteiger partial charge is 0.333 e. The molecule has 3 heterocycles. The summed E-state index contributed by atoms with van der Waals surface area (Å²) in [7, 11) is 0. The number of likely N-dealkylation sites (tertiary alicyclic amines) is 1. The number of hydrogen-bond acceptors (Lipinski definition) is 4. The van der Waals surface area contributed by atoms with E-state index in [0.717, 1.165) is 17.8 Å². The van der Waals surface area contributed by atoms with Crippen LogP contribution >= 0.6 is 22.7 Å². The Balaban J connectivity index is 1.87. The van der Waals surface area contributed by atoms with Crippen LogP contribution in [0.25, 0.3) is 9.40 Å². The molecule has 0 bridgehead atoms. The maximum atomic E-state index is 12.7. The molecule has 0 saturated carbocycles. The van der Waals surface area contributed by atoms with Crippen LogP contribution in [0, 0.1) is 5.92 Å². The van der Waals surface area contributed by atoms with E-state index in [1.165, 1.54) is 15.8 Å². The molecule has 2 aromatic rings. The van der Waals surface area contributed by atoms with Gasteiger partial charge in [-0.05, 0) is 36.3 Å². The molecule has 1 aliphatic rings. The highest BCUT2D eigenvalue weighted by molar-refractivity contribution is 7.27. The van der Waals surface area contributed by atoms with Crippen molar-refractivity contribution in [1.29, 1.82) is 0 Å². The van der Waals surface area contributed by atoms with E-state index in [0.29, 0.717) is 12.5 Å². The van der Waals surface area contributed by atoms with Crippen LogP contribution in [-0.4, -0.2) is 29.9 Å². The zero-order chi connectivity index (χ0) is 13.4. The van der Waals surface area contributed by atoms with Crippen molar-refractivity contribution in [2.24, 2.45) is 11.7 Å². The van der Waals surface area contributed by atoms with Crippen molar-refractivity contribution in [3.05, 3.63) is 22.4 Å². The van der Waals surface area contributed by atoms with Gasteiger partial charge in [-0.2, -0.15) is 0 Å². The van der Waals surface area contributed by atoms with Gasteiger partial charge in [0.25, 0.3) is 5.91 Å². The third-order valence-electron chi connectivity index (χ3n) is 3.97. The smallest absolute Gasteiger partial charge is 0.264 e. The molecule has 2 atom stereocenters. The van der Waals surface area contributed by atoms with Crippen LogP contribution in [0.4, 0.5) is 0 Å². The minimum Gasteiger partial charge on any atom is -0.333 e. The van der Waals surface area contributed by atoms with Gasteiger partial charge in [-0.15, -0.1) is 22.7 Å². The first-order valence-electron chi connectivity index (χ1n) is 6.69. The van der Waals surface area contributed by atoms with Crippen molar-refractivity contribution >= 4 is 38.0 Å². The number of nitrogens with two attached hydrogens (primary N) is 1. The number of carbonyl (C=O) groups excluding carboxylic acids is 1. The summed E-state index contributed by atoms with van der Waals surface area (Å²) < 4.78 is 2.42. The van der Waals surface area contributed by atoms with E-state index in [9.17, 15) is 4.79 Å². The molecule has 0 spiro atoms. The van der Waals surface area contributed by atoms with Crippen molar-refractivity contribution in [3.63, 3.8) is 0 Å². The predicted molar refractivity (Wildman–Crippen MR) is 82.0 cm³/mol. The first-order valence-corrected chi connectivity index (χ1v) is 8.38. The lowest BCUT2D eigenvalue weighted by Gasteiger charge is -2.39. The normalized spacial score (nSPS) is 24.0. The summed E-state index contributed by atoms with van der Waals surface area (Å²) in [6.45, 7) is 3.60. The molecule has 3 rings (SSSR count). The molecular weight excluding hydrogens is 276 g/mol. The first-order chi connectivity index (χ1) is 9.20. The van der Waals surface area contributed by atoms with Gasteiger partial charge in [-0.25, -0.2) is 0 Å². The summed E-state index contributed by atoms with van der Waals surface area (Å²) in [6, 6.07) is 4.31. The van der Waals surface area contributed by atoms with Crippen molar-refractivity contribution in [2.75, 3.05) is 13.1 Å². The summed E-state index contributed by atoms with van der Waals surface area (Å²) in [5, 5.41) is 2.07. The maximum Gasteiger partial charge on any atom is 0.264 e. The Morgan fingerprint density at radius 1 is 1.53 bits per heavy atom. The monoisotopic (exact) mass is 294 g/mol. The highest BCUT2D eigenvalue weighted by Crippen LogP contribution is 2.32. The van der Waals surface area contributed by atoms with Gasteiger partial charge in [0.15, 0.2) is 0 Å². The van der Waals surface area contributed by atoms with Crippen molar-refractivity contribution < 1.29 is 4.79 Å². The van der Waals surface area contributed by atoms with Crippen LogP contribution in [0.5, 0.6) is 0 Å². The van der Waals surface area contributed by atoms with E-state index in [-0.39, 0.29) is 11.9 Å². The molecule has 102 valence electrons. The second kappa shape index (κ2) is 5.23. The van der Waals surface area contributed by atoms with E-state index in [2.05, 4.69) is 18.4 Å². The van der Waals surface area contributed by atoms with Crippen LogP contribution < -0.4 is 5.73 Å². The summed E-state index contributed by atoms with van der Waals surface area (Å²) in [6.07, 6.45) is 2.26. The van der Waals surface area contributed by atoms with Gasteiger partial charge < -0.3 is 10.6 Å². The molecule has 1 saturated heterocycles. The third-order valence-corrected chi connectivity index (χ3v) is 6.05. The summed E-state index contributed by atoms with van der Waals surface area (Å²) in [5.41, 5.74) is 5.87. The van der Waals surface area contributed by atoms with E-state index in [4.69, 9.17) is 5.73 Å². The lowest BCUT2D eigenvalue weighted by molar-refractivity contribution is 0.0537. The Bertz CT molecular complexity index is 561. The number of thiophene rings is 2. The Morgan fingerprint density at radius 2 is 2.37 bits per heavy atom. The molecule has 1 aliphatic heterocycles. The quantitative estimate of drug-likeness (QED) is 0.924. The molecule has 0 aromatic carbocycles. The highest BCUT2D eigenvalue weighted by atomic mass is 32.1. The zero-order valence-electron chi connectivity index (χ0n) is 11.0. The Hall–Kier alpha value is -0.910.